The van der Waals surface area contributed by atoms with E-state index in [2.05, 4.69) is 0 Å². The molecule has 0 aliphatic heterocycles. The molecule has 0 saturated carbocycles. The highest BCUT2D eigenvalue weighted by Gasteiger charge is 2.23. The van der Waals surface area contributed by atoms with Crippen LogP contribution < -0.4 is 10.2 Å². The molecule has 0 N–H and O–H groups in total. The Kier molecular flexibility index (Phi) is 3.50. The second-order valence-corrected chi connectivity index (χ2v) is 5.43. The predicted molar refractivity (Wildman–Crippen MR) is 88.6 cm³/mol. The molecule has 124 valence electrons. The molecule has 1 aromatic carbocycles. The average molecular weight is 336 g/mol. The lowest BCUT2D eigenvalue weighted by atomic mass is 10.1. The summed E-state index contributed by atoms with van der Waals surface area (Å²) in [5.74, 6) is -0.728. The highest BCUT2D eigenvalue weighted by atomic mass is 16.6. The van der Waals surface area contributed by atoms with Gasteiger partial charge in [-0.2, -0.15) is 0 Å². The van der Waals surface area contributed by atoms with Crippen molar-refractivity contribution in [3.8, 4) is 17.3 Å². The third-order valence-electron chi connectivity index (χ3n) is 3.67. The Bertz CT molecular complexity index is 1100. The number of esters is 1. The Hall–Kier alpha value is -3.54. The molecule has 0 aliphatic carbocycles. The van der Waals surface area contributed by atoms with Crippen LogP contribution >= 0.6 is 0 Å². The topological polar surface area (TPSA) is 82.8 Å². The minimum atomic E-state index is -0.795. The largest absolute Gasteiger partial charge is 0.461 e. The number of ether oxygens (including phenoxy) is 1. The van der Waals surface area contributed by atoms with Crippen molar-refractivity contribution in [1.82, 2.24) is 0 Å². The van der Waals surface area contributed by atoms with E-state index in [-0.39, 0.29) is 23.0 Å². The van der Waals surface area contributed by atoms with Gasteiger partial charge in [-0.25, -0.2) is 4.79 Å². The summed E-state index contributed by atoms with van der Waals surface area (Å²) in [5.41, 5.74) is 0.850. The number of carbonyl (C=O) groups excluding carboxylic acids is 1. The van der Waals surface area contributed by atoms with Crippen LogP contribution in [0, 0.1) is 6.92 Å². The van der Waals surface area contributed by atoms with Crippen molar-refractivity contribution in [2.75, 3.05) is 0 Å². The second-order valence-electron chi connectivity index (χ2n) is 5.43. The Morgan fingerprint density at radius 1 is 1.04 bits per heavy atom. The summed E-state index contributed by atoms with van der Waals surface area (Å²) >= 11 is 0. The van der Waals surface area contributed by atoms with E-state index in [4.69, 9.17) is 18.0 Å². The molecule has 0 bridgehead atoms. The quantitative estimate of drug-likeness (QED) is 0.522. The lowest BCUT2D eigenvalue weighted by Crippen LogP contribution is -2.15. The van der Waals surface area contributed by atoms with E-state index >= 15 is 0 Å². The zero-order valence-corrected chi connectivity index (χ0v) is 13.1. The fourth-order valence-corrected chi connectivity index (χ4v) is 2.48. The van der Waals surface area contributed by atoms with Crippen molar-refractivity contribution in [3.05, 3.63) is 76.5 Å². The zero-order chi connectivity index (χ0) is 17.4. The Labute approximate surface area is 141 Å². The van der Waals surface area contributed by atoms with Crippen molar-refractivity contribution in [3.63, 3.8) is 0 Å². The Morgan fingerprint density at radius 2 is 1.84 bits per heavy atom. The molecule has 0 aliphatic rings. The molecule has 3 heterocycles. The molecule has 0 saturated heterocycles. The summed E-state index contributed by atoms with van der Waals surface area (Å²) in [7, 11) is 0. The van der Waals surface area contributed by atoms with Gasteiger partial charge in [0.2, 0.25) is 22.7 Å². The molecule has 0 atom stereocenters. The van der Waals surface area contributed by atoms with Crippen LogP contribution in [0.15, 0.2) is 73.0 Å². The van der Waals surface area contributed by atoms with Gasteiger partial charge >= 0.3 is 5.97 Å². The van der Waals surface area contributed by atoms with Crippen LogP contribution in [0.1, 0.15) is 16.1 Å². The standard InChI is InChI=1S/C19H12O6/c1-11-6-7-12-15(10-11)24-17(13-4-2-8-22-13)18(16(12)20)25-19(21)14-5-3-9-23-14/h2-10H,1H3. The maximum Gasteiger partial charge on any atom is 0.379 e. The molecule has 6 nitrogen and oxygen atoms in total. The number of fused-ring (bicyclic) bond motifs is 1. The summed E-state index contributed by atoms with van der Waals surface area (Å²) in [6.07, 6.45) is 2.78. The molecule has 4 aromatic rings. The van der Waals surface area contributed by atoms with E-state index in [0.29, 0.717) is 11.0 Å². The summed E-state index contributed by atoms with van der Waals surface area (Å²) in [6, 6.07) is 11.4. The lowest BCUT2D eigenvalue weighted by Gasteiger charge is -2.08. The minimum absolute atomic E-state index is 0.0196. The van der Waals surface area contributed by atoms with Crippen molar-refractivity contribution in [2.45, 2.75) is 6.92 Å². The van der Waals surface area contributed by atoms with Crippen LogP contribution in [0.3, 0.4) is 0 Å². The number of furan rings is 2. The number of hydrogen-bond donors (Lipinski definition) is 0. The first kappa shape index (κ1) is 15.0. The van der Waals surface area contributed by atoms with Crippen LogP contribution in [0.5, 0.6) is 5.75 Å². The van der Waals surface area contributed by atoms with Gasteiger partial charge in [-0.3, -0.25) is 4.79 Å². The van der Waals surface area contributed by atoms with Crippen molar-refractivity contribution < 1.29 is 22.8 Å². The summed E-state index contributed by atoms with van der Waals surface area (Å²) in [5, 5.41) is 0.308. The third kappa shape index (κ3) is 2.63. The molecule has 0 amide bonds. The molecule has 4 rings (SSSR count). The molecule has 3 aromatic heterocycles. The van der Waals surface area contributed by atoms with Gasteiger partial charge in [0.25, 0.3) is 0 Å². The summed E-state index contributed by atoms with van der Waals surface area (Å²) < 4.78 is 21.4. The first-order chi connectivity index (χ1) is 12.1. The maximum atomic E-state index is 12.9. The van der Waals surface area contributed by atoms with Gasteiger partial charge in [-0.15, -0.1) is 0 Å². The molecule has 0 spiro atoms. The average Bonchev–Trinajstić information content (AvgIpc) is 3.30. The Morgan fingerprint density at radius 3 is 2.56 bits per heavy atom. The second kappa shape index (κ2) is 5.83. The van der Waals surface area contributed by atoms with Crippen LogP contribution in [0.2, 0.25) is 0 Å². The monoisotopic (exact) mass is 336 g/mol. The van der Waals surface area contributed by atoms with Crippen LogP contribution in [0.25, 0.3) is 22.5 Å². The summed E-state index contributed by atoms with van der Waals surface area (Å²) in [4.78, 5) is 25.1. The normalized spacial score (nSPS) is 10.9. The molecule has 0 unspecified atom stereocenters. The van der Waals surface area contributed by atoms with Gasteiger partial charge in [-0.05, 0) is 48.9 Å². The van der Waals surface area contributed by atoms with Crippen LogP contribution in [-0.2, 0) is 0 Å². The van der Waals surface area contributed by atoms with Gasteiger partial charge in [0, 0.05) is 0 Å². The zero-order valence-electron chi connectivity index (χ0n) is 13.1. The molecule has 25 heavy (non-hydrogen) atoms. The third-order valence-corrected chi connectivity index (χ3v) is 3.67. The SMILES string of the molecule is Cc1ccc2c(=O)c(OC(=O)c3ccco3)c(-c3ccco3)oc2c1. The number of rotatable bonds is 3. The maximum absolute atomic E-state index is 12.9. The number of aryl methyl sites for hydroxylation is 1. The van der Waals surface area contributed by atoms with E-state index in [1.54, 1.807) is 36.4 Å². The predicted octanol–water partition coefficient (Wildman–Crippen LogP) is 4.17. The molecule has 6 heteroatoms. The first-order valence-corrected chi connectivity index (χ1v) is 7.50. The van der Waals surface area contributed by atoms with E-state index in [1.165, 1.54) is 18.6 Å². The van der Waals surface area contributed by atoms with Gasteiger partial charge in [-0.1, -0.05) is 6.07 Å². The summed E-state index contributed by atoms with van der Waals surface area (Å²) in [6.45, 7) is 1.89. The Balaban J connectivity index is 1.93. The molecule has 0 fully saturated rings. The fraction of sp³-hybridized carbons (Fsp3) is 0.0526. The van der Waals surface area contributed by atoms with E-state index in [9.17, 15) is 9.59 Å². The van der Waals surface area contributed by atoms with Gasteiger partial charge < -0.3 is 18.0 Å². The highest BCUT2D eigenvalue weighted by Crippen LogP contribution is 2.32. The smallest absolute Gasteiger partial charge is 0.379 e. The molecule has 0 radical (unpaired) electrons. The van der Waals surface area contributed by atoms with Crippen molar-refractivity contribution in [2.24, 2.45) is 0 Å². The minimum Gasteiger partial charge on any atom is -0.461 e. The van der Waals surface area contributed by atoms with E-state index < -0.39 is 11.4 Å². The number of carbonyl (C=O) groups is 1. The van der Waals surface area contributed by atoms with Crippen molar-refractivity contribution in [1.29, 1.82) is 0 Å². The number of hydrogen-bond acceptors (Lipinski definition) is 6. The molecular formula is C19H12O6. The van der Waals surface area contributed by atoms with Crippen molar-refractivity contribution >= 4 is 16.9 Å². The van der Waals surface area contributed by atoms with E-state index in [0.717, 1.165) is 5.56 Å². The van der Waals surface area contributed by atoms with Gasteiger partial charge in [0.05, 0.1) is 17.9 Å². The van der Waals surface area contributed by atoms with Gasteiger partial charge in [0.1, 0.15) is 5.58 Å². The van der Waals surface area contributed by atoms with E-state index in [1.807, 2.05) is 6.92 Å². The van der Waals surface area contributed by atoms with Gasteiger partial charge in [0.15, 0.2) is 5.76 Å². The van der Waals surface area contributed by atoms with Crippen LogP contribution in [-0.4, -0.2) is 5.97 Å². The number of benzene rings is 1. The highest BCUT2D eigenvalue weighted by molar-refractivity contribution is 5.90. The molecular weight excluding hydrogens is 324 g/mol. The fourth-order valence-electron chi connectivity index (χ4n) is 2.48. The van der Waals surface area contributed by atoms with Crippen LogP contribution in [0.4, 0.5) is 0 Å². The lowest BCUT2D eigenvalue weighted by molar-refractivity contribution is 0.0697. The first-order valence-electron chi connectivity index (χ1n) is 7.50.